The zero-order valence-electron chi connectivity index (χ0n) is 9.46. The Kier molecular flexibility index (Phi) is 2.61. The van der Waals surface area contributed by atoms with Gasteiger partial charge in [0.1, 0.15) is 5.75 Å². The maximum Gasteiger partial charge on any atom is 0.202 e. The summed E-state index contributed by atoms with van der Waals surface area (Å²) in [5.41, 5.74) is 0.688. The van der Waals surface area contributed by atoms with Crippen molar-refractivity contribution in [1.82, 2.24) is 0 Å². The van der Waals surface area contributed by atoms with E-state index in [0.717, 1.165) is 10.1 Å². The Hall–Kier alpha value is -2.13. The fourth-order valence-corrected chi connectivity index (χ4v) is 2.92. The minimum atomic E-state index is 0.0243. The van der Waals surface area contributed by atoms with E-state index in [0.29, 0.717) is 10.4 Å². The summed E-state index contributed by atoms with van der Waals surface area (Å²) < 4.78 is 0.925. The number of hydrogen-bond donors (Lipinski definition) is 1. The lowest BCUT2D eigenvalue weighted by molar-refractivity contribution is 0.104. The molecule has 0 atom stereocenters. The third-order valence-corrected chi connectivity index (χ3v) is 3.86. The van der Waals surface area contributed by atoms with Crippen LogP contribution in [0, 0.1) is 0 Å². The van der Waals surface area contributed by atoms with Crippen molar-refractivity contribution in [1.29, 1.82) is 0 Å². The van der Waals surface area contributed by atoms with Gasteiger partial charge in [0, 0.05) is 10.3 Å². The van der Waals surface area contributed by atoms with Crippen LogP contribution in [-0.4, -0.2) is 10.9 Å². The van der Waals surface area contributed by atoms with E-state index in [2.05, 4.69) is 0 Å². The van der Waals surface area contributed by atoms with E-state index >= 15 is 0 Å². The van der Waals surface area contributed by atoms with Gasteiger partial charge in [-0.2, -0.15) is 0 Å². The summed E-state index contributed by atoms with van der Waals surface area (Å²) in [6.45, 7) is 0. The second-order valence-electron chi connectivity index (χ2n) is 4.03. The Morgan fingerprint density at radius 3 is 2.56 bits per heavy atom. The standard InChI is InChI=1S/C15H10O2S/c16-12-7-6-11-8-14(18-13(11)9-12)15(17)10-4-2-1-3-5-10/h1-9,16H. The maximum atomic E-state index is 12.2. The summed E-state index contributed by atoms with van der Waals surface area (Å²) in [6.07, 6.45) is 0. The van der Waals surface area contributed by atoms with Crippen LogP contribution in [0.5, 0.6) is 5.75 Å². The molecule has 2 nitrogen and oxygen atoms in total. The molecule has 0 aliphatic heterocycles. The molecule has 0 amide bonds. The van der Waals surface area contributed by atoms with Gasteiger partial charge in [0.15, 0.2) is 0 Å². The van der Waals surface area contributed by atoms with Crippen molar-refractivity contribution < 1.29 is 9.90 Å². The molecule has 18 heavy (non-hydrogen) atoms. The number of fused-ring (bicyclic) bond motifs is 1. The quantitative estimate of drug-likeness (QED) is 0.705. The lowest BCUT2D eigenvalue weighted by atomic mass is 10.1. The predicted molar refractivity (Wildman–Crippen MR) is 73.4 cm³/mol. The highest BCUT2D eigenvalue weighted by Crippen LogP contribution is 2.29. The molecule has 88 valence electrons. The van der Waals surface area contributed by atoms with E-state index in [9.17, 15) is 9.90 Å². The molecule has 0 fully saturated rings. The smallest absolute Gasteiger partial charge is 0.202 e. The van der Waals surface area contributed by atoms with Gasteiger partial charge in [0.25, 0.3) is 0 Å². The summed E-state index contributed by atoms with van der Waals surface area (Å²) in [5.74, 6) is 0.249. The highest BCUT2D eigenvalue weighted by molar-refractivity contribution is 7.21. The van der Waals surface area contributed by atoms with Gasteiger partial charge in [-0.1, -0.05) is 30.3 Å². The Morgan fingerprint density at radius 1 is 1.00 bits per heavy atom. The van der Waals surface area contributed by atoms with Crippen LogP contribution in [0.25, 0.3) is 10.1 Å². The Bertz CT molecular complexity index is 714. The highest BCUT2D eigenvalue weighted by Gasteiger charge is 2.12. The molecule has 3 rings (SSSR count). The molecule has 3 heteroatoms. The first kappa shape index (κ1) is 11.0. The van der Waals surface area contributed by atoms with Gasteiger partial charge in [-0.25, -0.2) is 0 Å². The molecular weight excluding hydrogens is 244 g/mol. The fourth-order valence-electron chi connectivity index (χ4n) is 1.86. The monoisotopic (exact) mass is 254 g/mol. The summed E-state index contributed by atoms with van der Waals surface area (Å²) >= 11 is 1.40. The van der Waals surface area contributed by atoms with E-state index in [-0.39, 0.29) is 11.5 Å². The van der Waals surface area contributed by atoms with E-state index < -0.39 is 0 Å². The first-order valence-corrected chi connectivity index (χ1v) is 6.38. The molecule has 3 aromatic rings. The van der Waals surface area contributed by atoms with Crippen molar-refractivity contribution in [2.24, 2.45) is 0 Å². The third kappa shape index (κ3) is 1.89. The van der Waals surface area contributed by atoms with Crippen molar-refractivity contribution in [3.63, 3.8) is 0 Å². The second kappa shape index (κ2) is 4.27. The van der Waals surface area contributed by atoms with Gasteiger partial charge >= 0.3 is 0 Å². The minimum absolute atomic E-state index is 0.0243. The largest absolute Gasteiger partial charge is 0.508 e. The van der Waals surface area contributed by atoms with Gasteiger partial charge in [0.05, 0.1) is 4.88 Å². The van der Waals surface area contributed by atoms with Crippen LogP contribution in [-0.2, 0) is 0 Å². The van der Waals surface area contributed by atoms with E-state index in [1.165, 1.54) is 11.3 Å². The van der Waals surface area contributed by atoms with E-state index in [1.807, 2.05) is 42.5 Å². The number of hydrogen-bond acceptors (Lipinski definition) is 3. The molecule has 1 N–H and O–H groups in total. The van der Waals surface area contributed by atoms with Gasteiger partial charge in [-0.15, -0.1) is 11.3 Å². The summed E-state index contributed by atoms with van der Waals surface area (Å²) in [6, 6.07) is 16.2. The van der Waals surface area contributed by atoms with Gasteiger partial charge < -0.3 is 5.11 Å². The SMILES string of the molecule is O=C(c1ccccc1)c1cc2ccc(O)cc2s1. The maximum absolute atomic E-state index is 12.2. The van der Waals surface area contributed by atoms with Gasteiger partial charge in [0.2, 0.25) is 5.78 Å². The van der Waals surface area contributed by atoms with Crippen LogP contribution in [0.15, 0.2) is 54.6 Å². The van der Waals surface area contributed by atoms with Crippen LogP contribution in [0.3, 0.4) is 0 Å². The Balaban J connectivity index is 2.07. The molecule has 1 aromatic heterocycles. The first-order valence-electron chi connectivity index (χ1n) is 5.56. The molecular formula is C15H10O2S. The van der Waals surface area contributed by atoms with Gasteiger partial charge in [-0.05, 0) is 29.7 Å². The summed E-state index contributed by atoms with van der Waals surface area (Å²) in [5, 5.41) is 10.4. The minimum Gasteiger partial charge on any atom is -0.508 e. The van der Waals surface area contributed by atoms with Crippen molar-refractivity contribution in [2.45, 2.75) is 0 Å². The van der Waals surface area contributed by atoms with Crippen molar-refractivity contribution in [3.05, 3.63) is 65.0 Å². The number of phenols is 1. The Labute approximate surface area is 108 Å². The van der Waals surface area contributed by atoms with Crippen molar-refractivity contribution >= 4 is 27.2 Å². The fraction of sp³-hybridized carbons (Fsp3) is 0. The zero-order chi connectivity index (χ0) is 12.5. The van der Waals surface area contributed by atoms with Crippen LogP contribution in [0.1, 0.15) is 15.2 Å². The highest BCUT2D eigenvalue weighted by atomic mass is 32.1. The van der Waals surface area contributed by atoms with Crippen molar-refractivity contribution in [2.75, 3.05) is 0 Å². The molecule has 0 saturated heterocycles. The summed E-state index contributed by atoms with van der Waals surface area (Å²) in [4.78, 5) is 12.9. The predicted octanol–water partition coefficient (Wildman–Crippen LogP) is 3.84. The van der Waals surface area contributed by atoms with E-state index in [1.54, 1.807) is 12.1 Å². The molecule has 0 unspecified atom stereocenters. The average Bonchev–Trinajstić information content (AvgIpc) is 2.81. The number of aromatic hydroxyl groups is 1. The number of phenolic OH excluding ortho intramolecular Hbond substituents is 1. The summed E-state index contributed by atoms with van der Waals surface area (Å²) in [7, 11) is 0. The Morgan fingerprint density at radius 2 is 1.78 bits per heavy atom. The van der Waals surface area contributed by atoms with Crippen LogP contribution < -0.4 is 0 Å². The second-order valence-corrected chi connectivity index (χ2v) is 5.11. The normalized spacial score (nSPS) is 10.7. The molecule has 0 radical (unpaired) electrons. The molecule has 1 heterocycles. The number of carbonyl (C=O) groups excluding carboxylic acids is 1. The van der Waals surface area contributed by atoms with Crippen molar-refractivity contribution in [3.8, 4) is 5.75 Å². The molecule has 2 aromatic carbocycles. The number of thiophene rings is 1. The number of benzene rings is 2. The number of rotatable bonds is 2. The lowest BCUT2D eigenvalue weighted by Gasteiger charge is -1.95. The first-order chi connectivity index (χ1) is 8.74. The number of ketones is 1. The van der Waals surface area contributed by atoms with Gasteiger partial charge in [-0.3, -0.25) is 4.79 Å². The number of carbonyl (C=O) groups is 1. The molecule has 0 aliphatic rings. The molecule has 0 aliphatic carbocycles. The average molecular weight is 254 g/mol. The third-order valence-electron chi connectivity index (χ3n) is 2.76. The molecule has 0 spiro atoms. The van der Waals surface area contributed by atoms with Crippen LogP contribution in [0.2, 0.25) is 0 Å². The topological polar surface area (TPSA) is 37.3 Å². The van der Waals surface area contributed by atoms with Crippen LogP contribution >= 0.6 is 11.3 Å². The lowest BCUT2D eigenvalue weighted by Crippen LogP contribution is -1.97. The zero-order valence-corrected chi connectivity index (χ0v) is 10.3. The van der Waals surface area contributed by atoms with E-state index in [4.69, 9.17) is 0 Å². The molecule has 0 bridgehead atoms. The van der Waals surface area contributed by atoms with Crippen LogP contribution in [0.4, 0.5) is 0 Å². The molecule has 0 saturated carbocycles.